The maximum absolute atomic E-state index is 10.9. The van der Waals surface area contributed by atoms with E-state index in [0.29, 0.717) is 6.61 Å². The number of carbonyl (C=O) groups excluding carboxylic acids is 1. The molecule has 0 saturated carbocycles. The fourth-order valence-electron chi connectivity index (χ4n) is 3.07. The van der Waals surface area contributed by atoms with E-state index in [-0.39, 0.29) is 5.97 Å². The van der Waals surface area contributed by atoms with Crippen molar-refractivity contribution in [3.8, 4) is 0 Å². The standard InChI is InChI=1S/C20H40O4Si/c1-5-20(21)24-18-16-14-12-10-8-7-9-11-13-15-17-19-25(6-2,22-3)23-4/h5H,1,6-19H2,2-4H3. The molecule has 0 aliphatic heterocycles. The van der Waals surface area contributed by atoms with Gasteiger partial charge in [0, 0.05) is 20.3 Å². The molecule has 25 heavy (non-hydrogen) atoms. The summed E-state index contributed by atoms with van der Waals surface area (Å²) in [7, 11) is 1.74. The van der Waals surface area contributed by atoms with Gasteiger partial charge in [-0.25, -0.2) is 4.79 Å². The van der Waals surface area contributed by atoms with Crippen LogP contribution in [0.1, 0.15) is 77.6 Å². The molecule has 0 bridgehead atoms. The van der Waals surface area contributed by atoms with Gasteiger partial charge in [0.15, 0.2) is 0 Å². The van der Waals surface area contributed by atoms with Crippen LogP contribution in [0.4, 0.5) is 0 Å². The van der Waals surface area contributed by atoms with Crippen molar-refractivity contribution in [1.29, 1.82) is 0 Å². The molecule has 0 radical (unpaired) electrons. The molecule has 0 aromatic heterocycles. The largest absolute Gasteiger partial charge is 0.463 e. The van der Waals surface area contributed by atoms with Gasteiger partial charge >= 0.3 is 14.5 Å². The fourth-order valence-corrected chi connectivity index (χ4v) is 5.37. The zero-order valence-electron chi connectivity index (χ0n) is 16.8. The summed E-state index contributed by atoms with van der Waals surface area (Å²) in [6, 6.07) is 2.16. The molecule has 0 atom stereocenters. The van der Waals surface area contributed by atoms with Gasteiger partial charge in [-0.15, -0.1) is 0 Å². The van der Waals surface area contributed by atoms with Crippen LogP contribution in [-0.4, -0.2) is 35.4 Å². The minimum absolute atomic E-state index is 0.313. The molecule has 5 heteroatoms. The van der Waals surface area contributed by atoms with Gasteiger partial charge in [0.2, 0.25) is 0 Å². The van der Waals surface area contributed by atoms with Crippen molar-refractivity contribution in [2.75, 3.05) is 20.8 Å². The number of rotatable bonds is 18. The summed E-state index contributed by atoms with van der Waals surface area (Å²) in [5.74, 6) is -0.313. The molecule has 0 spiro atoms. The van der Waals surface area contributed by atoms with Crippen LogP contribution in [0.3, 0.4) is 0 Å². The smallest absolute Gasteiger partial charge is 0.337 e. The lowest BCUT2D eigenvalue weighted by Gasteiger charge is -2.25. The van der Waals surface area contributed by atoms with Crippen molar-refractivity contribution in [2.24, 2.45) is 0 Å². The van der Waals surface area contributed by atoms with E-state index in [2.05, 4.69) is 13.5 Å². The first kappa shape index (κ1) is 24.3. The topological polar surface area (TPSA) is 44.8 Å². The predicted octanol–water partition coefficient (Wildman–Crippen LogP) is 5.76. The van der Waals surface area contributed by atoms with Crippen LogP contribution in [0.2, 0.25) is 12.1 Å². The molecule has 148 valence electrons. The average Bonchev–Trinajstić information content (AvgIpc) is 2.65. The molecule has 0 aliphatic carbocycles. The van der Waals surface area contributed by atoms with E-state index in [1.54, 1.807) is 14.2 Å². The zero-order chi connectivity index (χ0) is 18.8. The first-order valence-electron chi connectivity index (χ1n) is 10.0. The molecule has 0 rings (SSSR count). The van der Waals surface area contributed by atoms with Crippen molar-refractivity contribution in [3.63, 3.8) is 0 Å². The summed E-state index contributed by atoms with van der Waals surface area (Å²) in [6.45, 7) is 6.08. The van der Waals surface area contributed by atoms with Crippen LogP contribution >= 0.6 is 0 Å². The second kappa shape index (κ2) is 16.8. The summed E-state index contributed by atoms with van der Waals surface area (Å²) >= 11 is 0. The number of ether oxygens (including phenoxy) is 1. The van der Waals surface area contributed by atoms with Gasteiger partial charge in [0.1, 0.15) is 0 Å². The van der Waals surface area contributed by atoms with Gasteiger partial charge in [-0.05, 0) is 18.5 Å². The summed E-state index contributed by atoms with van der Waals surface area (Å²) in [6.07, 6.45) is 15.1. The molecular weight excluding hydrogens is 332 g/mol. The van der Waals surface area contributed by atoms with E-state index < -0.39 is 8.56 Å². The Morgan fingerprint density at radius 1 is 0.840 bits per heavy atom. The quantitative estimate of drug-likeness (QED) is 0.133. The van der Waals surface area contributed by atoms with Gasteiger partial charge in [-0.3, -0.25) is 0 Å². The van der Waals surface area contributed by atoms with Crippen LogP contribution in [0.25, 0.3) is 0 Å². The van der Waals surface area contributed by atoms with E-state index >= 15 is 0 Å². The summed E-state index contributed by atoms with van der Waals surface area (Å²) in [4.78, 5) is 10.9. The molecule has 0 amide bonds. The van der Waals surface area contributed by atoms with E-state index in [1.807, 2.05) is 0 Å². The van der Waals surface area contributed by atoms with Crippen LogP contribution in [0.15, 0.2) is 12.7 Å². The van der Waals surface area contributed by atoms with Crippen LogP contribution in [0, 0.1) is 0 Å². The Hall–Kier alpha value is -0.653. The van der Waals surface area contributed by atoms with Crippen molar-refractivity contribution >= 4 is 14.5 Å². The number of hydrogen-bond donors (Lipinski definition) is 0. The Morgan fingerprint density at radius 2 is 1.28 bits per heavy atom. The van der Waals surface area contributed by atoms with E-state index in [9.17, 15) is 4.79 Å². The lowest BCUT2D eigenvalue weighted by Crippen LogP contribution is -2.38. The molecule has 0 aromatic carbocycles. The number of unbranched alkanes of at least 4 members (excludes halogenated alkanes) is 10. The number of esters is 1. The van der Waals surface area contributed by atoms with Crippen molar-refractivity contribution in [3.05, 3.63) is 12.7 Å². The van der Waals surface area contributed by atoms with Crippen molar-refractivity contribution in [2.45, 2.75) is 89.6 Å². The highest BCUT2D eigenvalue weighted by Gasteiger charge is 2.32. The third-order valence-electron chi connectivity index (χ3n) is 4.90. The minimum atomic E-state index is -1.86. The summed E-state index contributed by atoms with van der Waals surface area (Å²) < 4.78 is 16.3. The van der Waals surface area contributed by atoms with E-state index in [4.69, 9.17) is 13.6 Å². The van der Waals surface area contributed by atoms with E-state index in [1.165, 1.54) is 63.9 Å². The van der Waals surface area contributed by atoms with Gasteiger partial charge in [-0.2, -0.15) is 0 Å². The Morgan fingerprint density at radius 3 is 1.68 bits per heavy atom. The Balaban J connectivity index is 3.29. The Kier molecular flexibility index (Phi) is 16.4. The molecule has 0 heterocycles. The average molecular weight is 373 g/mol. The van der Waals surface area contributed by atoms with Crippen molar-refractivity contribution < 1.29 is 18.4 Å². The first-order valence-corrected chi connectivity index (χ1v) is 12.3. The SMILES string of the molecule is C=CC(=O)OCCCCCCCCCCCCC[Si](CC)(OC)OC. The molecule has 0 unspecified atom stereocenters. The fraction of sp³-hybridized carbons (Fsp3) is 0.850. The highest BCUT2D eigenvalue weighted by atomic mass is 28.4. The zero-order valence-corrected chi connectivity index (χ0v) is 17.8. The second-order valence-electron chi connectivity index (χ2n) is 6.68. The monoisotopic (exact) mass is 372 g/mol. The number of carbonyl (C=O) groups is 1. The maximum atomic E-state index is 10.9. The van der Waals surface area contributed by atoms with Crippen LogP contribution in [-0.2, 0) is 18.4 Å². The maximum Gasteiger partial charge on any atom is 0.337 e. The number of hydrogen-bond acceptors (Lipinski definition) is 4. The first-order chi connectivity index (χ1) is 12.1. The molecule has 0 N–H and O–H groups in total. The molecule has 0 fully saturated rings. The molecular formula is C20H40O4Si. The van der Waals surface area contributed by atoms with Gasteiger partial charge in [0.05, 0.1) is 6.61 Å². The Bertz CT molecular complexity index is 321. The van der Waals surface area contributed by atoms with Crippen molar-refractivity contribution in [1.82, 2.24) is 0 Å². The highest BCUT2D eigenvalue weighted by Crippen LogP contribution is 2.21. The van der Waals surface area contributed by atoms with E-state index in [0.717, 1.165) is 24.9 Å². The van der Waals surface area contributed by atoms with Crippen LogP contribution < -0.4 is 0 Å². The highest BCUT2D eigenvalue weighted by molar-refractivity contribution is 6.67. The third kappa shape index (κ3) is 13.2. The van der Waals surface area contributed by atoms with Gasteiger partial charge in [0.25, 0.3) is 0 Å². The third-order valence-corrected chi connectivity index (χ3v) is 8.58. The lowest BCUT2D eigenvalue weighted by molar-refractivity contribution is -0.137. The van der Waals surface area contributed by atoms with Crippen LogP contribution in [0.5, 0.6) is 0 Å². The minimum Gasteiger partial charge on any atom is -0.463 e. The molecule has 4 nitrogen and oxygen atoms in total. The Labute approximate surface area is 156 Å². The molecule has 0 aromatic rings. The summed E-state index contributed by atoms with van der Waals surface area (Å²) in [5.41, 5.74) is 0. The normalized spacial score (nSPS) is 11.5. The predicted molar refractivity (Wildman–Crippen MR) is 107 cm³/mol. The van der Waals surface area contributed by atoms with Gasteiger partial charge in [-0.1, -0.05) is 77.7 Å². The molecule has 0 saturated heterocycles. The molecule has 0 aliphatic rings. The summed E-state index contributed by atoms with van der Waals surface area (Å²) in [5, 5.41) is 0. The second-order valence-corrected chi connectivity index (χ2v) is 10.5. The van der Waals surface area contributed by atoms with Gasteiger partial charge < -0.3 is 13.6 Å². The lowest BCUT2D eigenvalue weighted by atomic mass is 10.1.